The van der Waals surface area contributed by atoms with Crippen molar-refractivity contribution in [3.63, 3.8) is 0 Å². The molecule has 0 bridgehead atoms. The molecule has 2 aromatic rings. The predicted molar refractivity (Wildman–Crippen MR) is 145 cm³/mol. The maximum Gasteiger partial charge on any atom is 0.604 e. The van der Waals surface area contributed by atoms with Gasteiger partial charge >= 0.3 is 7.82 Å². The van der Waals surface area contributed by atoms with Crippen LogP contribution in [0.15, 0.2) is 24.3 Å². The van der Waals surface area contributed by atoms with Crippen molar-refractivity contribution in [2.24, 2.45) is 5.90 Å². The van der Waals surface area contributed by atoms with Crippen LogP contribution >= 0.6 is 7.82 Å². The number of phosphoric acid groups is 1. The molecular weight excluding hydrogens is 457 g/mol. The van der Waals surface area contributed by atoms with Crippen molar-refractivity contribution in [2.45, 2.75) is 111 Å². The van der Waals surface area contributed by atoms with Crippen molar-refractivity contribution in [1.82, 2.24) is 0 Å². The quantitative estimate of drug-likeness (QED) is 0.315. The second-order valence-electron chi connectivity index (χ2n) is 13.9. The van der Waals surface area contributed by atoms with E-state index in [0.29, 0.717) is 17.9 Å². The zero-order chi connectivity index (χ0) is 26.8. The van der Waals surface area contributed by atoms with Gasteiger partial charge < -0.3 is 9.05 Å². The topological polar surface area (TPSA) is 70.8 Å². The van der Waals surface area contributed by atoms with Crippen LogP contribution < -0.4 is 14.9 Å². The second-order valence-corrected chi connectivity index (χ2v) is 15.4. The van der Waals surface area contributed by atoms with Crippen LogP contribution in [0.2, 0.25) is 0 Å². The van der Waals surface area contributed by atoms with Crippen LogP contribution in [-0.2, 0) is 37.3 Å². The summed E-state index contributed by atoms with van der Waals surface area (Å²) < 4.78 is 31.0. The Balaban J connectivity index is 2.46. The van der Waals surface area contributed by atoms with Crippen LogP contribution in [0.5, 0.6) is 11.5 Å². The van der Waals surface area contributed by atoms with Gasteiger partial charge in [-0.1, -0.05) is 107 Å². The lowest BCUT2D eigenvalue weighted by Crippen LogP contribution is -2.23. The molecular formula is C29H44NO4P. The zero-order valence-electron chi connectivity index (χ0n) is 23.7. The first-order valence-electron chi connectivity index (χ1n) is 12.4. The van der Waals surface area contributed by atoms with E-state index in [0.717, 1.165) is 22.3 Å². The van der Waals surface area contributed by atoms with Crippen LogP contribution in [0, 0.1) is 0 Å². The summed E-state index contributed by atoms with van der Waals surface area (Å²) >= 11 is 0. The molecule has 1 aliphatic rings. The molecule has 0 unspecified atom stereocenters. The monoisotopic (exact) mass is 501 g/mol. The lowest BCUT2D eigenvalue weighted by atomic mass is 9.76. The van der Waals surface area contributed by atoms with E-state index in [1.54, 1.807) is 0 Å². The second kappa shape index (κ2) is 8.64. The summed E-state index contributed by atoms with van der Waals surface area (Å²) in [6.45, 7) is 25.9. The number of phosphoric ester groups is 1. The highest BCUT2D eigenvalue weighted by Crippen LogP contribution is 2.56. The smallest absolute Gasteiger partial charge is 0.394 e. The molecule has 0 aliphatic carbocycles. The van der Waals surface area contributed by atoms with Gasteiger partial charge in [-0.2, -0.15) is 4.62 Å². The standard InChI is InChI=1S/C29H44NO4P/c1-26(2,3)20-14-18-13-19-15-21(27(4,5)6)17-23(29(10,11)12)25(19)33-35(31,34-30)32-24(18)22(16-20)28(7,8)9/h14-17H,13,30H2,1-12H3. The summed E-state index contributed by atoms with van der Waals surface area (Å²) in [5, 5.41) is 0. The summed E-state index contributed by atoms with van der Waals surface area (Å²) in [6.07, 6.45) is 0.579. The van der Waals surface area contributed by atoms with Gasteiger partial charge in [0.15, 0.2) is 0 Å². The average molecular weight is 502 g/mol. The van der Waals surface area contributed by atoms with E-state index in [2.05, 4.69) is 107 Å². The predicted octanol–water partition coefficient (Wildman–Crippen LogP) is 8.24. The largest absolute Gasteiger partial charge is 0.604 e. The Kier molecular flexibility index (Phi) is 6.86. The Morgan fingerprint density at radius 3 is 1.26 bits per heavy atom. The Hall–Kier alpha value is -1.81. The van der Waals surface area contributed by atoms with Crippen molar-refractivity contribution in [1.29, 1.82) is 0 Å². The first-order chi connectivity index (χ1) is 15.7. The van der Waals surface area contributed by atoms with Gasteiger partial charge in [0.05, 0.1) is 0 Å². The van der Waals surface area contributed by atoms with Gasteiger partial charge in [0.1, 0.15) is 11.5 Å². The SMILES string of the molecule is CC(C)(C)c1cc2c(c(C(C)(C)C)c1)OP(=O)(ON)Oc1c(cc(C(C)(C)C)cc1C(C)(C)C)C2. The Morgan fingerprint density at radius 2 is 1.00 bits per heavy atom. The molecule has 0 amide bonds. The number of rotatable bonds is 1. The van der Waals surface area contributed by atoms with E-state index in [4.69, 9.17) is 19.6 Å². The van der Waals surface area contributed by atoms with Crippen molar-refractivity contribution < 1.29 is 18.2 Å². The van der Waals surface area contributed by atoms with Crippen molar-refractivity contribution in [3.8, 4) is 11.5 Å². The number of benzene rings is 2. The van der Waals surface area contributed by atoms with E-state index in [1.165, 1.54) is 11.1 Å². The fraction of sp³-hybridized carbons (Fsp3) is 0.586. The van der Waals surface area contributed by atoms with Gasteiger partial charge in [0.25, 0.3) is 0 Å². The molecule has 0 aromatic heterocycles. The fourth-order valence-electron chi connectivity index (χ4n) is 4.33. The molecule has 3 rings (SSSR count). The Labute approximate surface area is 212 Å². The Bertz CT molecular complexity index is 1080. The third-order valence-electron chi connectivity index (χ3n) is 6.60. The molecule has 1 aliphatic heterocycles. The summed E-state index contributed by atoms with van der Waals surface area (Å²) in [6, 6.07) is 8.63. The molecule has 35 heavy (non-hydrogen) atoms. The lowest BCUT2D eigenvalue weighted by Gasteiger charge is -2.34. The molecule has 2 N–H and O–H groups in total. The summed E-state index contributed by atoms with van der Waals surface area (Å²) in [4.78, 5) is 0. The normalized spacial score (nSPS) is 16.4. The molecule has 1 heterocycles. The molecule has 6 heteroatoms. The number of hydrogen-bond donors (Lipinski definition) is 1. The maximum absolute atomic E-state index is 13.8. The molecule has 0 fully saturated rings. The van der Waals surface area contributed by atoms with Crippen LogP contribution in [0.1, 0.15) is 116 Å². The third kappa shape index (κ3) is 5.79. The van der Waals surface area contributed by atoms with Gasteiger partial charge in [-0.05, 0) is 43.9 Å². The maximum atomic E-state index is 13.8. The van der Waals surface area contributed by atoms with Gasteiger partial charge in [-0.3, -0.25) is 0 Å². The molecule has 0 radical (unpaired) electrons. The van der Waals surface area contributed by atoms with Crippen LogP contribution in [-0.4, -0.2) is 0 Å². The summed E-state index contributed by atoms with van der Waals surface area (Å²) in [5.74, 6) is 6.64. The van der Waals surface area contributed by atoms with E-state index < -0.39 is 7.82 Å². The van der Waals surface area contributed by atoms with E-state index in [1.807, 2.05) is 0 Å². The molecule has 5 nitrogen and oxygen atoms in total. The third-order valence-corrected chi connectivity index (χ3v) is 7.67. The molecule has 194 valence electrons. The van der Waals surface area contributed by atoms with Crippen LogP contribution in [0.25, 0.3) is 0 Å². The minimum absolute atomic E-state index is 0.0748. The highest BCUT2D eigenvalue weighted by Gasteiger charge is 2.40. The van der Waals surface area contributed by atoms with E-state index in [9.17, 15) is 4.57 Å². The van der Waals surface area contributed by atoms with E-state index in [-0.39, 0.29) is 21.7 Å². The highest BCUT2D eigenvalue weighted by atomic mass is 31.2. The van der Waals surface area contributed by atoms with Gasteiger partial charge in [0.2, 0.25) is 0 Å². The zero-order valence-corrected chi connectivity index (χ0v) is 24.6. The van der Waals surface area contributed by atoms with Crippen molar-refractivity contribution in [3.05, 3.63) is 57.6 Å². The van der Waals surface area contributed by atoms with Gasteiger partial charge in [0, 0.05) is 17.5 Å². The molecule has 0 saturated heterocycles. The highest BCUT2D eigenvalue weighted by molar-refractivity contribution is 7.49. The number of hydrogen-bond acceptors (Lipinski definition) is 5. The minimum atomic E-state index is -4.16. The number of nitrogens with two attached hydrogens (primary N) is 1. The van der Waals surface area contributed by atoms with Gasteiger partial charge in [-0.25, -0.2) is 10.5 Å². The van der Waals surface area contributed by atoms with Crippen molar-refractivity contribution in [2.75, 3.05) is 0 Å². The Morgan fingerprint density at radius 1 is 0.657 bits per heavy atom. The average Bonchev–Trinajstić information content (AvgIpc) is 2.65. The summed E-state index contributed by atoms with van der Waals surface area (Å²) in [5.41, 5.74) is 5.51. The van der Waals surface area contributed by atoms with Gasteiger partial charge in [-0.15, -0.1) is 0 Å². The molecule has 0 spiro atoms. The summed E-state index contributed by atoms with van der Waals surface area (Å²) in [7, 11) is -4.16. The number of fused-ring (bicyclic) bond motifs is 2. The first-order valence-corrected chi connectivity index (χ1v) is 13.9. The molecule has 0 atom stereocenters. The van der Waals surface area contributed by atoms with Crippen LogP contribution in [0.3, 0.4) is 0 Å². The molecule has 2 aromatic carbocycles. The minimum Gasteiger partial charge on any atom is -0.394 e. The lowest BCUT2D eigenvalue weighted by molar-refractivity contribution is 0.209. The van der Waals surface area contributed by atoms with Crippen LogP contribution in [0.4, 0.5) is 0 Å². The van der Waals surface area contributed by atoms with Crippen molar-refractivity contribution >= 4 is 7.82 Å². The first kappa shape index (κ1) is 27.8. The van der Waals surface area contributed by atoms with E-state index >= 15 is 0 Å². The molecule has 0 saturated carbocycles. The fourth-order valence-corrected chi connectivity index (χ4v) is 5.33.